The molecule has 0 radical (unpaired) electrons. The summed E-state index contributed by atoms with van der Waals surface area (Å²) in [6.07, 6.45) is 2.66. The Kier molecular flexibility index (Phi) is 6.98. The van der Waals surface area contributed by atoms with Crippen LogP contribution in [0.25, 0.3) is 5.57 Å². The van der Waals surface area contributed by atoms with Crippen molar-refractivity contribution in [3.63, 3.8) is 0 Å². The van der Waals surface area contributed by atoms with E-state index in [0.717, 1.165) is 0 Å². The van der Waals surface area contributed by atoms with Crippen LogP contribution >= 0.6 is 0 Å². The van der Waals surface area contributed by atoms with Crippen LogP contribution in [0.4, 0.5) is 0 Å². The molecule has 0 saturated heterocycles. The second kappa shape index (κ2) is 10.5. The van der Waals surface area contributed by atoms with Crippen molar-refractivity contribution in [2.75, 3.05) is 0 Å². The molecule has 0 heterocycles. The van der Waals surface area contributed by atoms with Gasteiger partial charge in [0.05, 0.1) is 0 Å². The van der Waals surface area contributed by atoms with E-state index >= 15 is 0 Å². The fourth-order valence-corrected chi connectivity index (χ4v) is 17.0. The first kappa shape index (κ1) is 25.1. The number of allylic oxidation sites excluding steroid dienone is 5. The molecule has 2 aliphatic carbocycles. The molecule has 6 rings (SSSR count). The molecule has 2 aliphatic rings. The van der Waals surface area contributed by atoms with Crippen LogP contribution in [0.3, 0.4) is 0 Å². The molecule has 0 aliphatic heterocycles. The maximum absolute atomic E-state index is 2.66. The number of fused-ring (bicyclic) bond motifs is 1. The Bertz CT molecular complexity index is 1550. The van der Waals surface area contributed by atoms with Crippen molar-refractivity contribution in [2.24, 2.45) is 0 Å². The molecule has 1 atom stereocenters. The molecule has 0 aromatic heterocycles. The van der Waals surface area contributed by atoms with E-state index in [9.17, 15) is 0 Å². The Balaban J connectivity index is 1.72. The molecule has 1 unspecified atom stereocenters. The SMILES string of the molecule is CC1=C(C)[CH]([Zr](=[C](c2ccccc2)c2ccccc2)[CH]2C=C(c3ccccc3)c3ccccc32)C(C)=C1C. The molecular formula is C37H34Zr. The minimum atomic E-state index is -2.62. The van der Waals surface area contributed by atoms with Crippen LogP contribution in [0.1, 0.15) is 59.1 Å². The standard InChI is InChI=1S/C15H11.C13H10.C9H13.Zr/c1-2-6-12(7-3-1)15-11-10-13-8-4-5-9-14(13)15;1-3-7-12(8-4-1)11-13-9-5-2-6-10-13;1-6-5-7(2)9(4)8(6)3;/h1-11H;1-10H;5H,1-4H3;. The molecule has 186 valence electrons. The zero-order valence-corrected chi connectivity index (χ0v) is 25.2. The Morgan fingerprint density at radius 1 is 0.553 bits per heavy atom. The first-order valence-corrected chi connectivity index (χ1v) is 17.7. The first-order valence-electron chi connectivity index (χ1n) is 13.6. The summed E-state index contributed by atoms with van der Waals surface area (Å²) in [5.41, 5.74) is 14.7. The zero-order chi connectivity index (χ0) is 26.2. The van der Waals surface area contributed by atoms with E-state index in [1.807, 2.05) is 0 Å². The van der Waals surface area contributed by atoms with Crippen molar-refractivity contribution in [2.45, 2.75) is 34.9 Å². The predicted octanol–water partition coefficient (Wildman–Crippen LogP) is 9.54. The van der Waals surface area contributed by atoms with Gasteiger partial charge >= 0.3 is 236 Å². The third-order valence-corrected chi connectivity index (χ3v) is 18.0. The first-order chi connectivity index (χ1) is 18.6. The predicted molar refractivity (Wildman–Crippen MR) is 159 cm³/mol. The Hall–Kier alpha value is -3.15. The van der Waals surface area contributed by atoms with Gasteiger partial charge in [-0.1, -0.05) is 0 Å². The van der Waals surface area contributed by atoms with Crippen LogP contribution in [0.2, 0.25) is 3.63 Å². The molecule has 0 bridgehead atoms. The van der Waals surface area contributed by atoms with Crippen molar-refractivity contribution < 1.29 is 21.3 Å². The summed E-state index contributed by atoms with van der Waals surface area (Å²) >= 11 is -2.62. The van der Waals surface area contributed by atoms with Crippen molar-refractivity contribution >= 4 is 8.78 Å². The van der Waals surface area contributed by atoms with E-state index in [2.05, 4.69) is 149 Å². The summed E-state index contributed by atoms with van der Waals surface area (Å²) < 4.78 is 2.62. The maximum atomic E-state index is 2.66. The van der Waals surface area contributed by atoms with Crippen LogP contribution < -0.4 is 0 Å². The van der Waals surface area contributed by atoms with Crippen molar-refractivity contribution in [3.05, 3.63) is 171 Å². The number of rotatable bonds is 5. The zero-order valence-electron chi connectivity index (χ0n) is 22.7. The van der Waals surface area contributed by atoms with Gasteiger partial charge in [0.1, 0.15) is 0 Å². The van der Waals surface area contributed by atoms with Crippen LogP contribution in [0.15, 0.2) is 144 Å². The number of benzene rings is 4. The molecule has 0 spiro atoms. The van der Waals surface area contributed by atoms with E-state index in [0.29, 0.717) is 7.25 Å². The summed E-state index contributed by atoms with van der Waals surface area (Å²) in [6.45, 7) is 9.51. The summed E-state index contributed by atoms with van der Waals surface area (Å²) in [6, 6.07) is 42.7. The molecule has 4 aromatic carbocycles. The van der Waals surface area contributed by atoms with Gasteiger partial charge in [-0.05, 0) is 0 Å². The van der Waals surface area contributed by atoms with E-state index in [1.54, 1.807) is 14.4 Å². The molecule has 0 fully saturated rings. The summed E-state index contributed by atoms with van der Waals surface area (Å²) in [4.78, 5) is 0. The third-order valence-electron chi connectivity index (χ3n) is 8.68. The average molecular weight is 570 g/mol. The second-order valence-corrected chi connectivity index (χ2v) is 17.0. The fourth-order valence-electron chi connectivity index (χ4n) is 6.49. The topological polar surface area (TPSA) is 0 Å². The molecule has 4 aromatic rings. The van der Waals surface area contributed by atoms with Gasteiger partial charge in [0, 0.05) is 0 Å². The van der Waals surface area contributed by atoms with Crippen molar-refractivity contribution in [1.82, 2.24) is 0 Å². The second-order valence-electron chi connectivity index (χ2n) is 10.6. The fraction of sp³-hybridized carbons (Fsp3) is 0.162. The molecular weight excluding hydrogens is 536 g/mol. The molecule has 0 N–H and O–H groups in total. The van der Waals surface area contributed by atoms with E-state index in [1.165, 1.54) is 44.5 Å². The van der Waals surface area contributed by atoms with Gasteiger partial charge < -0.3 is 0 Å². The Morgan fingerprint density at radius 3 is 1.58 bits per heavy atom. The van der Waals surface area contributed by atoms with Gasteiger partial charge in [-0.15, -0.1) is 0 Å². The van der Waals surface area contributed by atoms with Crippen molar-refractivity contribution in [1.29, 1.82) is 0 Å². The molecule has 0 nitrogen and oxygen atoms in total. The van der Waals surface area contributed by atoms with E-state index in [4.69, 9.17) is 0 Å². The summed E-state index contributed by atoms with van der Waals surface area (Å²) in [5.74, 6) is 0. The monoisotopic (exact) mass is 568 g/mol. The van der Waals surface area contributed by atoms with E-state index < -0.39 is 21.3 Å². The minimum absolute atomic E-state index is 0.452. The third kappa shape index (κ3) is 4.32. The number of hydrogen-bond donors (Lipinski definition) is 0. The van der Waals surface area contributed by atoms with E-state index in [-0.39, 0.29) is 0 Å². The number of hydrogen-bond acceptors (Lipinski definition) is 0. The van der Waals surface area contributed by atoms with Gasteiger partial charge in [-0.3, -0.25) is 0 Å². The van der Waals surface area contributed by atoms with Gasteiger partial charge in [0.25, 0.3) is 0 Å². The molecule has 0 amide bonds. The van der Waals surface area contributed by atoms with Gasteiger partial charge in [-0.25, -0.2) is 0 Å². The van der Waals surface area contributed by atoms with Crippen LogP contribution in [0.5, 0.6) is 0 Å². The van der Waals surface area contributed by atoms with Crippen LogP contribution in [-0.4, -0.2) is 3.21 Å². The quantitative estimate of drug-likeness (QED) is 0.224. The van der Waals surface area contributed by atoms with Crippen LogP contribution in [-0.2, 0) is 21.3 Å². The van der Waals surface area contributed by atoms with Gasteiger partial charge in [0.15, 0.2) is 0 Å². The van der Waals surface area contributed by atoms with Crippen molar-refractivity contribution in [3.8, 4) is 0 Å². The Morgan fingerprint density at radius 2 is 1.03 bits per heavy atom. The average Bonchev–Trinajstić information content (AvgIpc) is 3.44. The molecule has 38 heavy (non-hydrogen) atoms. The van der Waals surface area contributed by atoms with Gasteiger partial charge in [0.2, 0.25) is 0 Å². The molecule has 0 saturated carbocycles. The van der Waals surface area contributed by atoms with Crippen LogP contribution in [0, 0.1) is 0 Å². The normalized spacial score (nSPS) is 17.1. The molecule has 1 heteroatoms. The Labute approximate surface area is 235 Å². The summed E-state index contributed by atoms with van der Waals surface area (Å²) in [5, 5.41) is 0. The van der Waals surface area contributed by atoms with Gasteiger partial charge in [-0.2, -0.15) is 0 Å². The summed E-state index contributed by atoms with van der Waals surface area (Å²) in [7, 11) is 0.